The first-order chi connectivity index (χ1) is 14.6. The lowest BCUT2D eigenvalue weighted by Crippen LogP contribution is -2.46. The highest BCUT2D eigenvalue weighted by atomic mass is 16.5. The number of carbonyl (C=O) groups excluding carboxylic acids is 1. The van der Waals surface area contributed by atoms with Gasteiger partial charge in [0.1, 0.15) is 5.69 Å². The second-order valence-electron chi connectivity index (χ2n) is 7.52. The average Bonchev–Trinajstić information content (AvgIpc) is 3.30. The van der Waals surface area contributed by atoms with Gasteiger partial charge >= 0.3 is 0 Å². The average molecular weight is 408 g/mol. The molecular formula is C21H24N6O3. The van der Waals surface area contributed by atoms with Crippen molar-refractivity contribution in [3.8, 4) is 11.5 Å². The van der Waals surface area contributed by atoms with Crippen LogP contribution in [0.4, 0.5) is 0 Å². The molecule has 4 heterocycles. The molecule has 1 aliphatic heterocycles. The van der Waals surface area contributed by atoms with Gasteiger partial charge in [-0.05, 0) is 38.3 Å². The van der Waals surface area contributed by atoms with Crippen molar-refractivity contribution in [3.05, 3.63) is 54.1 Å². The third kappa shape index (κ3) is 4.06. The fraction of sp³-hybridized carbons (Fsp3) is 0.429. The number of methoxy groups -OCH3 is 1. The predicted molar refractivity (Wildman–Crippen MR) is 108 cm³/mol. The van der Waals surface area contributed by atoms with E-state index in [4.69, 9.17) is 9.26 Å². The number of aryl methyl sites for hydroxylation is 1. The molecule has 0 saturated carbocycles. The molecule has 3 aromatic rings. The van der Waals surface area contributed by atoms with Crippen LogP contribution in [0.2, 0.25) is 0 Å². The molecular weight excluding hydrogens is 384 g/mol. The molecule has 156 valence electrons. The first-order valence-corrected chi connectivity index (χ1v) is 9.93. The van der Waals surface area contributed by atoms with Gasteiger partial charge in [-0.2, -0.15) is 4.98 Å². The molecule has 3 aromatic heterocycles. The van der Waals surface area contributed by atoms with Gasteiger partial charge in [0.15, 0.2) is 5.82 Å². The highest BCUT2D eigenvalue weighted by molar-refractivity contribution is 5.92. The Morgan fingerprint density at radius 2 is 1.97 bits per heavy atom. The van der Waals surface area contributed by atoms with E-state index in [1.165, 1.54) is 6.20 Å². The maximum atomic E-state index is 12.8. The number of rotatable bonds is 6. The second kappa shape index (κ2) is 8.66. The zero-order chi connectivity index (χ0) is 21.0. The van der Waals surface area contributed by atoms with Gasteiger partial charge in [0.2, 0.25) is 0 Å². The summed E-state index contributed by atoms with van der Waals surface area (Å²) in [5, 5.41) is 4.29. The Morgan fingerprint density at radius 1 is 1.20 bits per heavy atom. The Balaban J connectivity index is 1.52. The molecule has 9 nitrogen and oxygen atoms in total. The lowest BCUT2D eigenvalue weighted by molar-refractivity contribution is 0.0610. The third-order valence-corrected chi connectivity index (χ3v) is 5.62. The first kappa shape index (κ1) is 20.1. The molecule has 0 bridgehead atoms. The molecule has 1 amide bonds. The predicted octanol–water partition coefficient (Wildman–Crippen LogP) is 2.44. The van der Waals surface area contributed by atoms with E-state index in [1.807, 2.05) is 24.0 Å². The molecule has 30 heavy (non-hydrogen) atoms. The monoisotopic (exact) mass is 408 g/mol. The van der Waals surface area contributed by atoms with E-state index in [0.29, 0.717) is 37.1 Å². The van der Waals surface area contributed by atoms with E-state index in [9.17, 15) is 4.79 Å². The lowest BCUT2D eigenvalue weighted by Gasteiger charge is -2.39. The summed E-state index contributed by atoms with van der Waals surface area (Å²) in [5.74, 6) is 1.03. The van der Waals surface area contributed by atoms with E-state index >= 15 is 0 Å². The summed E-state index contributed by atoms with van der Waals surface area (Å²) >= 11 is 0. The van der Waals surface area contributed by atoms with E-state index in [1.54, 1.807) is 25.7 Å². The molecule has 0 atom stereocenters. The molecule has 1 fully saturated rings. The second-order valence-corrected chi connectivity index (χ2v) is 7.52. The number of nitrogens with zero attached hydrogens (tertiary/aromatic N) is 6. The Hall–Kier alpha value is -3.20. The normalized spacial score (nSPS) is 15.9. The minimum atomic E-state index is -0.305. The number of pyridine rings is 1. The zero-order valence-corrected chi connectivity index (χ0v) is 17.1. The van der Waals surface area contributed by atoms with Gasteiger partial charge in [-0.3, -0.25) is 14.8 Å². The van der Waals surface area contributed by atoms with Gasteiger partial charge in [-0.15, -0.1) is 0 Å². The number of hydrogen-bond donors (Lipinski definition) is 0. The van der Waals surface area contributed by atoms with Gasteiger partial charge in [-0.1, -0.05) is 5.16 Å². The Bertz CT molecular complexity index is 981. The Labute approximate surface area is 174 Å². The van der Waals surface area contributed by atoms with Crippen molar-refractivity contribution in [1.29, 1.82) is 0 Å². The van der Waals surface area contributed by atoms with Crippen molar-refractivity contribution >= 4 is 5.91 Å². The molecule has 0 spiro atoms. The Kier molecular flexibility index (Phi) is 5.80. The number of carbonyl (C=O) groups is 1. The van der Waals surface area contributed by atoms with E-state index in [0.717, 1.165) is 30.5 Å². The van der Waals surface area contributed by atoms with Gasteiger partial charge in [0, 0.05) is 56.4 Å². The van der Waals surface area contributed by atoms with Crippen molar-refractivity contribution < 1.29 is 14.1 Å². The summed E-state index contributed by atoms with van der Waals surface area (Å²) in [6.07, 6.45) is 8.72. The minimum Gasteiger partial charge on any atom is -0.385 e. The lowest BCUT2D eigenvalue weighted by atomic mass is 9.75. The van der Waals surface area contributed by atoms with Crippen molar-refractivity contribution in [1.82, 2.24) is 30.0 Å². The van der Waals surface area contributed by atoms with Crippen LogP contribution in [0, 0.1) is 6.92 Å². The largest absolute Gasteiger partial charge is 0.385 e. The summed E-state index contributed by atoms with van der Waals surface area (Å²) in [4.78, 5) is 31.7. The maximum Gasteiger partial charge on any atom is 0.274 e. The Morgan fingerprint density at radius 3 is 2.63 bits per heavy atom. The van der Waals surface area contributed by atoms with Crippen LogP contribution in [-0.2, 0) is 10.2 Å². The maximum absolute atomic E-state index is 12.8. The summed E-state index contributed by atoms with van der Waals surface area (Å²) in [7, 11) is 1.68. The third-order valence-electron chi connectivity index (χ3n) is 5.62. The van der Waals surface area contributed by atoms with Crippen molar-refractivity contribution in [2.24, 2.45) is 0 Å². The number of hydrogen-bond acceptors (Lipinski definition) is 8. The number of likely N-dealkylation sites (tertiary alicyclic amines) is 1. The standard InChI is InChI=1S/C21H24N6O3/c1-15-13-24-17(14-23-15)19(28)27-10-5-21(6-11-27,7-12-29-2)20-25-18(30-26-20)16-3-8-22-9-4-16/h3-4,8-9,13-14H,5-7,10-12H2,1-2H3. The molecule has 0 aliphatic carbocycles. The summed E-state index contributed by atoms with van der Waals surface area (Å²) in [6.45, 7) is 3.59. The van der Waals surface area contributed by atoms with Crippen LogP contribution >= 0.6 is 0 Å². The van der Waals surface area contributed by atoms with E-state index in [2.05, 4.69) is 25.1 Å². The molecule has 4 rings (SSSR count). The number of piperidine rings is 1. The fourth-order valence-electron chi connectivity index (χ4n) is 3.74. The zero-order valence-electron chi connectivity index (χ0n) is 17.1. The summed E-state index contributed by atoms with van der Waals surface area (Å²) in [6, 6.07) is 3.67. The van der Waals surface area contributed by atoms with Gasteiger partial charge < -0.3 is 14.2 Å². The van der Waals surface area contributed by atoms with E-state index in [-0.39, 0.29) is 11.3 Å². The number of aromatic nitrogens is 5. The van der Waals surface area contributed by atoms with Crippen molar-refractivity contribution in [3.63, 3.8) is 0 Å². The van der Waals surface area contributed by atoms with E-state index < -0.39 is 0 Å². The van der Waals surface area contributed by atoms with Crippen molar-refractivity contribution in [2.75, 3.05) is 26.8 Å². The van der Waals surface area contributed by atoms with Crippen LogP contribution in [0.15, 0.2) is 41.4 Å². The molecule has 1 saturated heterocycles. The SMILES string of the molecule is COCCC1(c2noc(-c3ccncc3)n2)CCN(C(=O)c2cnc(C)cn2)CC1. The molecule has 0 aromatic carbocycles. The van der Waals surface area contributed by atoms with Crippen LogP contribution in [0.5, 0.6) is 0 Å². The van der Waals surface area contributed by atoms with Crippen LogP contribution < -0.4 is 0 Å². The van der Waals surface area contributed by atoms with Gasteiger partial charge in [-0.25, -0.2) is 4.98 Å². The van der Waals surface area contributed by atoms with Crippen LogP contribution in [0.25, 0.3) is 11.5 Å². The smallest absolute Gasteiger partial charge is 0.274 e. The van der Waals surface area contributed by atoms with Crippen molar-refractivity contribution in [2.45, 2.75) is 31.6 Å². The summed E-state index contributed by atoms with van der Waals surface area (Å²) < 4.78 is 10.9. The first-order valence-electron chi connectivity index (χ1n) is 9.93. The fourth-order valence-corrected chi connectivity index (χ4v) is 3.74. The molecule has 9 heteroatoms. The molecule has 1 aliphatic rings. The topological polar surface area (TPSA) is 107 Å². The highest BCUT2D eigenvalue weighted by Crippen LogP contribution is 2.38. The number of amides is 1. The molecule has 0 unspecified atom stereocenters. The van der Waals surface area contributed by atoms with Crippen LogP contribution in [0.3, 0.4) is 0 Å². The summed E-state index contributed by atoms with van der Waals surface area (Å²) in [5.41, 5.74) is 1.67. The van der Waals surface area contributed by atoms with Crippen LogP contribution in [-0.4, -0.2) is 62.7 Å². The highest BCUT2D eigenvalue weighted by Gasteiger charge is 2.41. The number of ether oxygens (including phenoxy) is 1. The molecule has 0 N–H and O–H groups in total. The van der Waals surface area contributed by atoms with Crippen LogP contribution in [0.1, 0.15) is 41.3 Å². The molecule has 0 radical (unpaired) electrons. The quantitative estimate of drug-likeness (QED) is 0.612. The van der Waals surface area contributed by atoms with Gasteiger partial charge in [0.05, 0.1) is 11.9 Å². The minimum absolute atomic E-state index is 0.103. The van der Waals surface area contributed by atoms with Gasteiger partial charge in [0.25, 0.3) is 11.8 Å².